The molecule has 100 valence electrons. The molecule has 0 bridgehead atoms. The first kappa shape index (κ1) is 15.1. The van der Waals surface area contributed by atoms with E-state index < -0.39 is 5.82 Å². The molecule has 1 aromatic heterocycles. The molecule has 0 spiro atoms. The quantitative estimate of drug-likeness (QED) is 0.819. The van der Waals surface area contributed by atoms with Crippen LogP contribution in [0, 0.1) is 11.2 Å². The number of aromatic nitrogens is 1. The lowest BCUT2D eigenvalue weighted by atomic mass is 9.88. The van der Waals surface area contributed by atoms with Crippen molar-refractivity contribution in [2.75, 3.05) is 11.9 Å². The summed E-state index contributed by atoms with van der Waals surface area (Å²) in [5.41, 5.74) is 0.288. The molecule has 0 aliphatic heterocycles. The molecule has 0 saturated carbocycles. The zero-order chi connectivity index (χ0) is 13.6. The van der Waals surface area contributed by atoms with Crippen molar-refractivity contribution in [1.29, 1.82) is 0 Å². The van der Waals surface area contributed by atoms with Crippen LogP contribution >= 0.6 is 15.9 Å². The van der Waals surface area contributed by atoms with Crippen molar-refractivity contribution in [3.63, 3.8) is 0 Å². The van der Waals surface area contributed by atoms with Gasteiger partial charge in [-0.1, -0.05) is 29.8 Å². The number of pyridine rings is 1. The van der Waals surface area contributed by atoms with E-state index in [4.69, 9.17) is 0 Å². The number of amides is 1. The van der Waals surface area contributed by atoms with Crippen molar-refractivity contribution in [2.24, 2.45) is 5.41 Å². The highest BCUT2D eigenvalue weighted by molar-refractivity contribution is 9.09. The third-order valence-electron chi connectivity index (χ3n) is 2.67. The Morgan fingerprint density at radius 1 is 1.50 bits per heavy atom. The van der Waals surface area contributed by atoms with Crippen molar-refractivity contribution >= 4 is 21.8 Å². The Morgan fingerprint density at radius 2 is 2.22 bits per heavy atom. The molecule has 0 unspecified atom stereocenters. The molecule has 0 radical (unpaired) electrons. The van der Waals surface area contributed by atoms with E-state index in [1.54, 1.807) is 0 Å². The highest BCUT2D eigenvalue weighted by Gasteiger charge is 2.19. The van der Waals surface area contributed by atoms with Crippen molar-refractivity contribution in [2.45, 2.75) is 26.7 Å². The van der Waals surface area contributed by atoms with Gasteiger partial charge in [0.25, 0.3) is 5.91 Å². The fourth-order valence-corrected chi connectivity index (χ4v) is 1.83. The maximum absolute atomic E-state index is 12.7. The summed E-state index contributed by atoms with van der Waals surface area (Å²) in [4.78, 5) is 15.5. The first-order valence-electron chi connectivity index (χ1n) is 5.90. The highest BCUT2D eigenvalue weighted by atomic mass is 79.9. The minimum atomic E-state index is -0.441. The van der Waals surface area contributed by atoms with Crippen molar-refractivity contribution in [1.82, 2.24) is 10.3 Å². The summed E-state index contributed by atoms with van der Waals surface area (Å²) in [7, 11) is 0. The number of halogens is 2. The second-order valence-electron chi connectivity index (χ2n) is 5.00. The summed E-state index contributed by atoms with van der Waals surface area (Å²) < 4.78 is 12.7. The predicted molar refractivity (Wildman–Crippen MR) is 73.3 cm³/mol. The van der Waals surface area contributed by atoms with Crippen LogP contribution in [0.25, 0.3) is 0 Å². The number of carbonyl (C=O) groups is 1. The molecule has 0 atom stereocenters. The summed E-state index contributed by atoms with van der Waals surface area (Å²) in [6, 6.07) is 2.62. The Balaban J connectivity index is 2.48. The predicted octanol–water partition coefficient (Wildman–Crippen LogP) is 3.15. The number of hydrogen-bond donors (Lipinski definition) is 1. The van der Waals surface area contributed by atoms with E-state index in [1.807, 2.05) is 0 Å². The zero-order valence-corrected chi connectivity index (χ0v) is 12.3. The van der Waals surface area contributed by atoms with E-state index in [0.29, 0.717) is 6.54 Å². The number of nitrogens with one attached hydrogen (secondary N) is 1. The summed E-state index contributed by atoms with van der Waals surface area (Å²) in [6.07, 6.45) is 3.14. The van der Waals surface area contributed by atoms with Crippen LogP contribution in [0.4, 0.5) is 4.39 Å². The largest absolute Gasteiger partial charge is 0.350 e. The smallest absolute Gasteiger partial charge is 0.269 e. The molecule has 3 nitrogen and oxygen atoms in total. The molecule has 5 heteroatoms. The summed E-state index contributed by atoms with van der Waals surface area (Å²) in [6.45, 7) is 4.79. The van der Waals surface area contributed by atoms with E-state index in [9.17, 15) is 9.18 Å². The lowest BCUT2D eigenvalue weighted by Crippen LogP contribution is -2.34. The number of hydrogen-bond acceptors (Lipinski definition) is 2. The van der Waals surface area contributed by atoms with Crippen molar-refractivity contribution in [3.05, 3.63) is 29.8 Å². The van der Waals surface area contributed by atoms with Gasteiger partial charge < -0.3 is 5.32 Å². The number of carbonyl (C=O) groups excluding carboxylic acids is 1. The van der Waals surface area contributed by atoms with Gasteiger partial charge >= 0.3 is 0 Å². The van der Waals surface area contributed by atoms with Crippen molar-refractivity contribution < 1.29 is 9.18 Å². The Kier molecular flexibility index (Phi) is 5.72. The Bertz CT molecular complexity index is 392. The Morgan fingerprint density at radius 3 is 2.78 bits per heavy atom. The molecular weight excluding hydrogens is 299 g/mol. The third kappa shape index (κ3) is 5.12. The van der Waals surface area contributed by atoms with E-state index in [0.717, 1.165) is 24.4 Å². The fraction of sp³-hybridized carbons (Fsp3) is 0.538. The molecule has 1 rings (SSSR count). The van der Waals surface area contributed by atoms with Gasteiger partial charge in [0.1, 0.15) is 11.5 Å². The molecule has 0 aromatic carbocycles. The molecule has 0 saturated heterocycles. The van der Waals surface area contributed by atoms with Gasteiger partial charge in [0.2, 0.25) is 0 Å². The molecule has 1 aromatic rings. The molecule has 0 aliphatic carbocycles. The highest BCUT2D eigenvalue weighted by Crippen LogP contribution is 2.21. The molecular formula is C13H18BrFN2O. The van der Waals surface area contributed by atoms with Crippen LogP contribution in [-0.2, 0) is 0 Å². The molecule has 1 N–H and O–H groups in total. The number of nitrogens with zero attached hydrogens (tertiary/aromatic N) is 1. The fourth-order valence-electron chi connectivity index (χ4n) is 1.55. The Labute approximate surface area is 115 Å². The third-order valence-corrected chi connectivity index (χ3v) is 3.24. The van der Waals surface area contributed by atoms with Gasteiger partial charge in [0.15, 0.2) is 0 Å². The lowest BCUT2D eigenvalue weighted by molar-refractivity contribution is 0.0929. The van der Waals surface area contributed by atoms with Gasteiger partial charge in [-0.3, -0.25) is 4.79 Å². The van der Waals surface area contributed by atoms with Gasteiger partial charge in [-0.2, -0.15) is 0 Å². The normalized spacial score (nSPS) is 11.3. The van der Waals surface area contributed by atoms with Crippen LogP contribution in [0.15, 0.2) is 18.3 Å². The Hall–Kier alpha value is -0.970. The second kappa shape index (κ2) is 6.83. The van der Waals surface area contributed by atoms with E-state index in [1.165, 1.54) is 12.1 Å². The number of rotatable bonds is 6. The van der Waals surface area contributed by atoms with Gasteiger partial charge in [-0.25, -0.2) is 9.37 Å². The van der Waals surface area contributed by atoms with Crippen LogP contribution in [0.2, 0.25) is 0 Å². The summed E-state index contributed by atoms with van der Waals surface area (Å²) >= 11 is 3.39. The number of alkyl halides is 1. The van der Waals surface area contributed by atoms with E-state index in [2.05, 4.69) is 40.1 Å². The van der Waals surface area contributed by atoms with Gasteiger partial charge in [-0.15, -0.1) is 0 Å². The minimum Gasteiger partial charge on any atom is -0.350 e. The van der Waals surface area contributed by atoms with Crippen LogP contribution in [0.5, 0.6) is 0 Å². The van der Waals surface area contributed by atoms with Crippen LogP contribution in [0.1, 0.15) is 37.2 Å². The average Bonchev–Trinajstić information content (AvgIpc) is 2.35. The minimum absolute atomic E-state index is 0.0451. The summed E-state index contributed by atoms with van der Waals surface area (Å²) in [5, 5.41) is 3.79. The van der Waals surface area contributed by atoms with Gasteiger partial charge in [0.05, 0.1) is 6.20 Å². The molecule has 0 fully saturated rings. The van der Waals surface area contributed by atoms with E-state index >= 15 is 0 Å². The van der Waals surface area contributed by atoms with Gasteiger partial charge in [0, 0.05) is 11.9 Å². The maximum Gasteiger partial charge on any atom is 0.269 e. The molecule has 18 heavy (non-hydrogen) atoms. The first-order chi connectivity index (χ1) is 8.44. The topological polar surface area (TPSA) is 42.0 Å². The molecule has 1 amide bonds. The van der Waals surface area contributed by atoms with Crippen LogP contribution < -0.4 is 5.32 Å². The van der Waals surface area contributed by atoms with E-state index in [-0.39, 0.29) is 17.0 Å². The average molecular weight is 317 g/mol. The monoisotopic (exact) mass is 316 g/mol. The first-order valence-corrected chi connectivity index (χ1v) is 7.02. The standard InChI is InChI=1S/C13H18BrFN2O/c1-13(2,6-3-7-14)9-17-12(18)11-5-4-10(15)8-16-11/h4-5,8H,3,6-7,9H2,1-2H3,(H,17,18). The van der Waals surface area contributed by atoms with Crippen LogP contribution in [-0.4, -0.2) is 22.8 Å². The molecule has 0 aliphatic rings. The second-order valence-corrected chi connectivity index (χ2v) is 5.79. The zero-order valence-electron chi connectivity index (χ0n) is 10.7. The van der Waals surface area contributed by atoms with Gasteiger partial charge in [-0.05, 0) is 30.4 Å². The molecule has 1 heterocycles. The lowest BCUT2D eigenvalue weighted by Gasteiger charge is -2.24. The van der Waals surface area contributed by atoms with Crippen LogP contribution in [0.3, 0.4) is 0 Å². The summed E-state index contributed by atoms with van der Waals surface area (Å²) in [5.74, 6) is -0.703. The van der Waals surface area contributed by atoms with Crippen molar-refractivity contribution in [3.8, 4) is 0 Å². The maximum atomic E-state index is 12.7. The SMILES string of the molecule is CC(C)(CCCBr)CNC(=O)c1ccc(F)cn1.